The van der Waals surface area contributed by atoms with E-state index in [-0.39, 0.29) is 11.6 Å². The third-order valence-electron chi connectivity index (χ3n) is 3.27. The predicted molar refractivity (Wildman–Crippen MR) is 65.2 cm³/mol. The summed E-state index contributed by atoms with van der Waals surface area (Å²) >= 11 is 0. The van der Waals surface area contributed by atoms with Crippen molar-refractivity contribution >= 4 is 5.69 Å². The number of nitrogens with zero attached hydrogens (tertiary/aromatic N) is 1. The molecule has 1 N–H and O–H groups in total. The van der Waals surface area contributed by atoms with Crippen LogP contribution in [0.3, 0.4) is 0 Å². The lowest BCUT2D eigenvalue weighted by Crippen LogP contribution is -2.61. The number of rotatable bonds is 1. The van der Waals surface area contributed by atoms with Crippen LogP contribution in [0.15, 0.2) is 12.1 Å². The number of benzene rings is 1. The molecule has 1 aliphatic rings. The van der Waals surface area contributed by atoms with Crippen molar-refractivity contribution < 1.29 is 13.2 Å². The minimum absolute atomic E-state index is 0.0993. The summed E-state index contributed by atoms with van der Waals surface area (Å²) in [5.41, 5.74) is 0.238. The van der Waals surface area contributed by atoms with Gasteiger partial charge in [-0.15, -0.1) is 0 Å². The topological polar surface area (TPSA) is 15.3 Å². The van der Waals surface area contributed by atoms with E-state index >= 15 is 0 Å². The van der Waals surface area contributed by atoms with Crippen molar-refractivity contribution in [3.63, 3.8) is 0 Å². The lowest BCUT2D eigenvalue weighted by molar-refractivity contribution is 0.317. The molecule has 0 radical (unpaired) electrons. The Labute approximate surface area is 105 Å². The monoisotopic (exact) mass is 258 g/mol. The summed E-state index contributed by atoms with van der Waals surface area (Å²) in [5.74, 6) is -3.71. The Bertz CT molecular complexity index is 437. The largest absolute Gasteiger partial charge is 0.366 e. The van der Waals surface area contributed by atoms with Crippen molar-refractivity contribution in [2.45, 2.75) is 32.4 Å². The summed E-state index contributed by atoms with van der Waals surface area (Å²) in [6.07, 6.45) is 0. The van der Waals surface area contributed by atoms with E-state index in [1.54, 1.807) is 0 Å². The third-order valence-corrected chi connectivity index (χ3v) is 3.27. The van der Waals surface area contributed by atoms with Gasteiger partial charge in [0, 0.05) is 42.5 Å². The fourth-order valence-corrected chi connectivity index (χ4v) is 2.23. The molecule has 100 valence electrons. The van der Waals surface area contributed by atoms with E-state index in [2.05, 4.69) is 5.32 Å². The van der Waals surface area contributed by atoms with Crippen LogP contribution in [0.2, 0.25) is 0 Å². The van der Waals surface area contributed by atoms with E-state index in [4.69, 9.17) is 0 Å². The number of halogens is 3. The van der Waals surface area contributed by atoms with E-state index in [9.17, 15) is 13.2 Å². The number of hydrogen-bond acceptors (Lipinski definition) is 2. The first-order chi connectivity index (χ1) is 8.30. The first-order valence-corrected chi connectivity index (χ1v) is 5.96. The molecule has 1 aromatic rings. The van der Waals surface area contributed by atoms with E-state index in [1.807, 2.05) is 25.7 Å². The van der Waals surface area contributed by atoms with E-state index in [0.717, 1.165) is 12.1 Å². The Balaban J connectivity index is 2.35. The van der Waals surface area contributed by atoms with Gasteiger partial charge in [0.1, 0.15) is 0 Å². The average molecular weight is 258 g/mol. The molecule has 2 rings (SSSR count). The quantitative estimate of drug-likeness (QED) is 0.779. The Morgan fingerprint density at radius 1 is 1.22 bits per heavy atom. The first-order valence-electron chi connectivity index (χ1n) is 5.96. The zero-order chi connectivity index (χ0) is 13.5. The van der Waals surface area contributed by atoms with Gasteiger partial charge in [-0.05, 0) is 20.8 Å². The van der Waals surface area contributed by atoms with Gasteiger partial charge in [-0.25, -0.2) is 13.2 Å². The smallest absolute Gasteiger partial charge is 0.194 e. The van der Waals surface area contributed by atoms with E-state index < -0.39 is 17.5 Å². The highest BCUT2D eigenvalue weighted by molar-refractivity contribution is 5.49. The molecule has 1 heterocycles. The molecule has 0 bridgehead atoms. The Morgan fingerprint density at radius 2 is 1.78 bits per heavy atom. The second kappa shape index (κ2) is 4.46. The van der Waals surface area contributed by atoms with Gasteiger partial charge in [0.05, 0.1) is 0 Å². The van der Waals surface area contributed by atoms with Crippen molar-refractivity contribution in [1.82, 2.24) is 5.32 Å². The van der Waals surface area contributed by atoms with Gasteiger partial charge >= 0.3 is 0 Å². The lowest BCUT2D eigenvalue weighted by Gasteiger charge is -2.44. The molecule has 2 nitrogen and oxygen atoms in total. The first kappa shape index (κ1) is 13.2. The van der Waals surface area contributed by atoms with Crippen molar-refractivity contribution in [1.29, 1.82) is 0 Å². The molecule has 0 aromatic heterocycles. The SMILES string of the molecule is CC1CNC(C)(C)CN1c1cc(F)c(F)c(F)c1. The maximum Gasteiger partial charge on any atom is 0.194 e. The molecule has 0 amide bonds. The predicted octanol–water partition coefficient (Wildman–Crippen LogP) is 2.68. The van der Waals surface area contributed by atoms with Crippen LogP contribution in [0.25, 0.3) is 0 Å². The zero-order valence-electron chi connectivity index (χ0n) is 10.7. The van der Waals surface area contributed by atoms with Crippen LogP contribution < -0.4 is 10.2 Å². The third kappa shape index (κ3) is 2.46. The highest BCUT2D eigenvalue weighted by atomic mass is 19.2. The van der Waals surface area contributed by atoms with Crippen molar-refractivity contribution in [2.24, 2.45) is 0 Å². The van der Waals surface area contributed by atoms with E-state index in [0.29, 0.717) is 18.8 Å². The molecular formula is C13H17F3N2. The molecule has 5 heteroatoms. The number of nitrogens with one attached hydrogen (secondary N) is 1. The normalized spacial score (nSPS) is 23.2. The molecule has 0 spiro atoms. The minimum Gasteiger partial charge on any atom is -0.366 e. The molecule has 1 aromatic carbocycles. The number of anilines is 1. The molecule has 1 fully saturated rings. The Morgan fingerprint density at radius 3 is 2.33 bits per heavy atom. The molecule has 18 heavy (non-hydrogen) atoms. The van der Waals surface area contributed by atoms with Gasteiger partial charge in [-0.3, -0.25) is 0 Å². The second-order valence-corrected chi connectivity index (χ2v) is 5.47. The van der Waals surface area contributed by atoms with Crippen LogP contribution in [0.1, 0.15) is 20.8 Å². The van der Waals surface area contributed by atoms with Gasteiger partial charge in [0.2, 0.25) is 0 Å². The average Bonchev–Trinajstić information content (AvgIpc) is 2.28. The fraction of sp³-hybridized carbons (Fsp3) is 0.538. The van der Waals surface area contributed by atoms with E-state index in [1.165, 1.54) is 0 Å². The van der Waals surface area contributed by atoms with Gasteiger partial charge in [0.25, 0.3) is 0 Å². The fourth-order valence-electron chi connectivity index (χ4n) is 2.23. The number of hydrogen-bond donors (Lipinski definition) is 1. The molecular weight excluding hydrogens is 241 g/mol. The van der Waals surface area contributed by atoms with Gasteiger partial charge in [0.15, 0.2) is 17.5 Å². The molecule has 1 unspecified atom stereocenters. The maximum atomic E-state index is 13.3. The minimum atomic E-state index is -1.42. The summed E-state index contributed by atoms with van der Waals surface area (Å²) in [7, 11) is 0. The van der Waals surface area contributed by atoms with Crippen LogP contribution in [-0.2, 0) is 0 Å². The van der Waals surface area contributed by atoms with Crippen LogP contribution >= 0.6 is 0 Å². The summed E-state index contributed by atoms with van der Waals surface area (Å²) in [5, 5.41) is 3.35. The molecule has 0 aliphatic carbocycles. The van der Waals surface area contributed by atoms with Crippen molar-refractivity contribution in [3.05, 3.63) is 29.6 Å². The lowest BCUT2D eigenvalue weighted by atomic mass is 9.98. The summed E-state index contributed by atoms with van der Waals surface area (Å²) in [4.78, 5) is 1.89. The van der Waals surface area contributed by atoms with Crippen LogP contribution in [0, 0.1) is 17.5 Å². The molecule has 1 aliphatic heterocycles. The Hall–Kier alpha value is -1.23. The summed E-state index contributed by atoms with van der Waals surface area (Å²) in [6, 6.07) is 2.20. The van der Waals surface area contributed by atoms with Crippen LogP contribution in [0.4, 0.5) is 18.9 Å². The molecule has 0 saturated carbocycles. The highest BCUT2D eigenvalue weighted by Crippen LogP contribution is 2.26. The summed E-state index contributed by atoms with van der Waals surface area (Å²) in [6.45, 7) is 7.32. The van der Waals surface area contributed by atoms with Crippen LogP contribution in [-0.4, -0.2) is 24.7 Å². The number of piperazine rings is 1. The van der Waals surface area contributed by atoms with Gasteiger partial charge < -0.3 is 10.2 Å². The van der Waals surface area contributed by atoms with Crippen molar-refractivity contribution in [2.75, 3.05) is 18.0 Å². The van der Waals surface area contributed by atoms with Gasteiger partial charge in [-0.1, -0.05) is 0 Å². The van der Waals surface area contributed by atoms with Crippen molar-refractivity contribution in [3.8, 4) is 0 Å². The zero-order valence-corrected chi connectivity index (χ0v) is 10.7. The molecule has 1 atom stereocenters. The highest BCUT2D eigenvalue weighted by Gasteiger charge is 2.31. The van der Waals surface area contributed by atoms with Gasteiger partial charge in [-0.2, -0.15) is 0 Å². The maximum absolute atomic E-state index is 13.3. The second-order valence-electron chi connectivity index (χ2n) is 5.47. The molecule has 1 saturated heterocycles. The Kier molecular flexibility index (Phi) is 3.27. The summed E-state index contributed by atoms with van der Waals surface area (Å²) < 4.78 is 39.5. The standard InChI is InChI=1S/C13H17F3N2/c1-8-6-17-13(2,3)7-18(8)9-4-10(14)12(16)11(15)5-9/h4-5,8,17H,6-7H2,1-3H3. The van der Waals surface area contributed by atoms with Crippen LogP contribution in [0.5, 0.6) is 0 Å².